The largest absolute Gasteiger partial charge is 0.342 e. The molecule has 128 valence electrons. The van der Waals surface area contributed by atoms with Gasteiger partial charge in [-0.15, -0.1) is 0 Å². The van der Waals surface area contributed by atoms with Crippen molar-refractivity contribution in [3.63, 3.8) is 0 Å². The Morgan fingerprint density at radius 2 is 1.96 bits per heavy atom. The fourth-order valence-corrected chi connectivity index (χ4v) is 2.88. The van der Waals surface area contributed by atoms with E-state index in [0.717, 1.165) is 0 Å². The van der Waals surface area contributed by atoms with Crippen LogP contribution in [-0.4, -0.2) is 15.5 Å². The summed E-state index contributed by atoms with van der Waals surface area (Å²) in [5.74, 6) is -0.101. The maximum Gasteiger partial charge on any atom is 0.225 e. The van der Waals surface area contributed by atoms with E-state index in [-0.39, 0.29) is 12.3 Å². The highest BCUT2D eigenvalue weighted by atomic mass is 35.5. The first-order valence-electron chi connectivity index (χ1n) is 7.80. The van der Waals surface area contributed by atoms with Gasteiger partial charge in [-0.3, -0.25) is 4.79 Å². The molecule has 0 radical (unpaired) electrons. The third-order valence-electron chi connectivity index (χ3n) is 3.95. The number of aromatic nitrogens is 2. The van der Waals surface area contributed by atoms with Crippen molar-refractivity contribution >= 4 is 17.5 Å². The zero-order chi connectivity index (χ0) is 17.8. The molecule has 1 aromatic heterocycles. The molecule has 0 aliphatic rings. The van der Waals surface area contributed by atoms with Gasteiger partial charge in [0.25, 0.3) is 0 Å². The van der Waals surface area contributed by atoms with Gasteiger partial charge in [0.2, 0.25) is 5.91 Å². The van der Waals surface area contributed by atoms with Gasteiger partial charge in [0, 0.05) is 30.0 Å². The molecule has 4 nitrogen and oxygen atoms in total. The van der Waals surface area contributed by atoms with Crippen molar-refractivity contribution in [3.05, 3.63) is 88.7 Å². The number of rotatable bonds is 5. The van der Waals surface area contributed by atoms with E-state index in [9.17, 15) is 9.18 Å². The minimum Gasteiger partial charge on any atom is -0.342 e. The van der Waals surface area contributed by atoms with Crippen LogP contribution in [0.5, 0.6) is 0 Å². The number of hydrogen-bond donors (Lipinski definition) is 1. The number of benzene rings is 2. The SMILES string of the molecule is Cn1ccnc1[C@@H](NC(=O)Cc1ccccc1Cl)c1ccccc1F. The highest BCUT2D eigenvalue weighted by Gasteiger charge is 2.23. The number of nitrogens with zero attached hydrogens (tertiary/aromatic N) is 2. The Hall–Kier alpha value is -2.66. The number of carbonyl (C=O) groups is 1. The van der Waals surface area contributed by atoms with Gasteiger partial charge in [0.1, 0.15) is 17.7 Å². The van der Waals surface area contributed by atoms with Gasteiger partial charge in [-0.05, 0) is 17.7 Å². The number of halogens is 2. The number of imidazole rings is 1. The van der Waals surface area contributed by atoms with E-state index in [1.165, 1.54) is 6.07 Å². The Bertz CT molecular complexity index is 894. The second kappa shape index (κ2) is 7.49. The minimum atomic E-state index is -0.684. The Balaban J connectivity index is 1.88. The highest BCUT2D eigenvalue weighted by Crippen LogP contribution is 2.23. The van der Waals surface area contributed by atoms with Crippen LogP contribution >= 0.6 is 11.6 Å². The summed E-state index contributed by atoms with van der Waals surface area (Å²) in [4.78, 5) is 16.8. The Morgan fingerprint density at radius 3 is 2.64 bits per heavy atom. The predicted octanol–water partition coefficient (Wildman–Crippen LogP) is 3.66. The maximum atomic E-state index is 14.3. The van der Waals surface area contributed by atoms with E-state index < -0.39 is 11.9 Å². The highest BCUT2D eigenvalue weighted by molar-refractivity contribution is 6.31. The Morgan fingerprint density at radius 1 is 1.24 bits per heavy atom. The second-order valence-corrected chi connectivity index (χ2v) is 6.09. The van der Waals surface area contributed by atoms with Gasteiger partial charge in [-0.2, -0.15) is 0 Å². The standard InChI is InChI=1S/C19H17ClFN3O/c1-24-11-10-22-19(24)18(14-7-3-5-9-16(14)21)23-17(25)12-13-6-2-4-8-15(13)20/h2-11,18H,12H2,1H3,(H,23,25)/t18-/m0/s1. The van der Waals surface area contributed by atoms with Gasteiger partial charge in [0.05, 0.1) is 6.42 Å². The smallest absolute Gasteiger partial charge is 0.225 e. The first-order valence-corrected chi connectivity index (χ1v) is 8.18. The molecule has 0 aliphatic heterocycles. The molecule has 0 unspecified atom stereocenters. The fourth-order valence-electron chi connectivity index (χ4n) is 2.67. The van der Waals surface area contributed by atoms with Gasteiger partial charge in [0.15, 0.2) is 0 Å². The first kappa shape index (κ1) is 17.2. The van der Waals surface area contributed by atoms with Crippen molar-refractivity contribution in [3.8, 4) is 0 Å². The summed E-state index contributed by atoms with van der Waals surface area (Å²) >= 11 is 6.12. The van der Waals surface area contributed by atoms with Gasteiger partial charge >= 0.3 is 0 Å². The lowest BCUT2D eigenvalue weighted by atomic mass is 10.0. The van der Waals surface area contributed by atoms with Crippen LogP contribution in [0.15, 0.2) is 60.9 Å². The molecule has 0 saturated carbocycles. The molecule has 3 rings (SSSR count). The molecule has 1 atom stereocenters. The van der Waals surface area contributed by atoms with E-state index >= 15 is 0 Å². The number of amides is 1. The molecular formula is C19H17ClFN3O. The predicted molar refractivity (Wildman–Crippen MR) is 94.7 cm³/mol. The number of carbonyl (C=O) groups excluding carboxylic acids is 1. The van der Waals surface area contributed by atoms with E-state index in [0.29, 0.717) is 22.0 Å². The zero-order valence-electron chi connectivity index (χ0n) is 13.6. The Labute approximate surface area is 150 Å². The molecule has 0 fully saturated rings. The molecule has 1 heterocycles. The normalized spacial score (nSPS) is 12.0. The quantitative estimate of drug-likeness (QED) is 0.757. The van der Waals surface area contributed by atoms with E-state index in [1.807, 2.05) is 6.07 Å². The lowest BCUT2D eigenvalue weighted by Crippen LogP contribution is -2.32. The third-order valence-corrected chi connectivity index (χ3v) is 4.32. The van der Waals surface area contributed by atoms with Crippen LogP contribution in [0.2, 0.25) is 5.02 Å². The molecule has 1 amide bonds. The van der Waals surface area contributed by atoms with Crippen LogP contribution in [0, 0.1) is 5.82 Å². The average Bonchev–Trinajstić information content (AvgIpc) is 3.01. The topological polar surface area (TPSA) is 46.9 Å². The van der Waals surface area contributed by atoms with Crippen molar-refractivity contribution in [2.24, 2.45) is 7.05 Å². The molecule has 2 aromatic carbocycles. The summed E-state index contributed by atoms with van der Waals surface area (Å²) in [6.07, 6.45) is 3.47. The van der Waals surface area contributed by atoms with Crippen molar-refractivity contribution in [1.82, 2.24) is 14.9 Å². The lowest BCUT2D eigenvalue weighted by molar-refractivity contribution is -0.121. The van der Waals surface area contributed by atoms with Crippen LogP contribution in [0.1, 0.15) is 23.0 Å². The molecule has 0 spiro atoms. The molecule has 1 N–H and O–H groups in total. The van der Waals surface area contributed by atoms with E-state index in [2.05, 4.69) is 10.3 Å². The molecule has 6 heteroatoms. The number of aryl methyl sites for hydroxylation is 1. The maximum absolute atomic E-state index is 14.3. The molecule has 3 aromatic rings. The number of nitrogens with one attached hydrogen (secondary N) is 1. The molecule has 0 aliphatic carbocycles. The minimum absolute atomic E-state index is 0.106. The van der Waals surface area contributed by atoms with Gasteiger partial charge in [-0.1, -0.05) is 48.0 Å². The summed E-state index contributed by atoms with van der Waals surface area (Å²) in [6, 6.07) is 12.8. The van der Waals surface area contributed by atoms with Crippen LogP contribution in [-0.2, 0) is 18.3 Å². The second-order valence-electron chi connectivity index (χ2n) is 5.69. The van der Waals surface area contributed by atoms with E-state index in [1.54, 1.807) is 60.4 Å². The van der Waals surface area contributed by atoms with Crippen molar-refractivity contribution in [2.45, 2.75) is 12.5 Å². The molecule has 0 bridgehead atoms. The summed E-state index contributed by atoms with van der Waals surface area (Å²) in [5, 5.41) is 3.40. The summed E-state index contributed by atoms with van der Waals surface area (Å²) in [5.41, 5.74) is 1.08. The average molecular weight is 358 g/mol. The summed E-state index contributed by atoms with van der Waals surface area (Å²) in [7, 11) is 1.80. The van der Waals surface area contributed by atoms with Crippen molar-refractivity contribution in [1.29, 1.82) is 0 Å². The fraction of sp³-hybridized carbons (Fsp3) is 0.158. The van der Waals surface area contributed by atoms with Crippen molar-refractivity contribution in [2.75, 3.05) is 0 Å². The van der Waals surface area contributed by atoms with Crippen LogP contribution < -0.4 is 5.32 Å². The molecule has 0 saturated heterocycles. The van der Waals surface area contributed by atoms with Gasteiger partial charge < -0.3 is 9.88 Å². The zero-order valence-corrected chi connectivity index (χ0v) is 14.4. The Kier molecular flexibility index (Phi) is 5.14. The third kappa shape index (κ3) is 3.88. The van der Waals surface area contributed by atoms with Crippen LogP contribution in [0.3, 0.4) is 0 Å². The first-order chi connectivity index (χ1) is 12.1. The van der Waals surface area contributed by atoms with Crippen LogP contribution in [0.4, 0.5) is 4.39 Å². The summed E-state index contributed by atoms with van der Waals surface area (Å²) < 4.78 is 16.1. The monoisotopic (exact) mass is 357 g/mol. The van der Waals surface area contributed by atoms with Crippen LogP contribution in [0.25, 0.3) is 0 Å². The number of hydrogen-bond acceptors (Lipinski definition) is 2. The lowest BCUT2D eigenvalue weighted by Gasteiger charge is -2.20. The molecular weight excluding hydrogens is 341 g/mol. The van der Waals surface area contributed by atoms with E-state index in [4.69, 9.17) is 11.6 Å². The van der Waals surface area contributed by atoms with Gasteiger partial charge in [-0.25, -0.2) is 9.37 Å². The molecule has 25 heavy (non-hydrogen) atoms. The summed E-state index contributed by atoms with van der Waals surface area (Å²) in [6.45, 7) is 0. The van der Waals surface area contributed by atoms with Crippen molar-refractivity contribution < 1.29 is 9.18 Å².